The van der Waals surface area contributed by atoms with Gasteiger partial charge in [-0.25, -0.2) is 9.78 Å². The molecule has 164 valence electrons. The number of carbonyl (C=O) groups excluding carboxylic acids is 3. The van der Waals surface area contributed by atoms with E-state index in [4.69, 9.17) is 4.74 Å². The molecule has 8 heteroatoms. The van der Waals surface area contributed by atoms with Crippen LogP contribution in [0, 0.1) is 12.8 Å². The number of aromatic nitrogens is 2. The number of aromatic amines is 1. The fraction of sp³-hybridized carbons (Fsp3) is 0.292. The lowest BCUT2D eigenvalue weighted by atomic mass is 9.97. The quantitative estimate of drug-likeness (QED) is 0.473. The van der Waals surface area contributed by atoms with Crippen molar-refractivity contribution in [2.75, 3.05) is 0 Å². The molecule has 0 radical (unpaired) electrons. The lowest BCUT2D eigenvalue weighted by Gasteiger charge is -2.28. The van der Waals surface area contributed by atoms with Crippen molar-refractivity contribution in [3.63, 3.8) is 0 Å². The van der Waals surface area contributed by atoms with Crippen LogP contribution in [-0.4, -0.2) is 38.7 Å². The van der Waals surface area contributed by atoms with Gasteiger partial charge in [0.1, 0.15) is 18.5 Å². The van der Waals surface area contributed by atoms with Gasteiger partial charge in [-0.3, -0.25) is 19.3 Å². The second-order valence-corrected chi connectivity index (χ2v) is 7.95. The van der Waals surface area contributed by atoms with Gasteiger partial charge in [0.05, 0.1) is 22.0 Å². The number of hydrogen-bond acceptors (Lipinski definition) is 6. The number of H-pyrrole nitrogens is 1. The predicted octanol–water partition coefficient (Wildman–Crippen LogP) is 2.99. The monoisotopic (exact) mass is 433 g/mol. The van der Waals surface area contributed by atoms with Crippen molar-refractivity contribution in [1.29, 1.82) is 0 Å². The fourth-order valence-corrected chi connectivity index (χ4v) is 3.92. The number of nitrogens with zero attached hydrogens (tertiary/aromatic N) is 2. The van der Waals surface area contributed by atoms with Crippen molar-refractivity contribution in [3.8, 4) is 0 Å². The molecule has 0 saturated heterocycles. The first-order valence-corrected chi connectivity index (χ1v) is 10.5. The number of ether oxygens (including phenoxy) is 1. The van der Waals surface area contributed by atoms with E-state index >= 15 is 0 Å². The SMILES string of the molecule is CCC(C)C(C(=O)OCc1nc2c(C)cccc2c(=O)[nH]1)N1C(=O)c2ccccc2C1=O. The lowest BCUT2D eigenvalue weighted by Crippen LogP contribution is -2.49. The standard InChI is InChI=1S/C24H23N3O5/c1-4-13(2)20(27-22(29)15-9-5-6-10-16(15)23(27)30)24(31)32-12-18-25-19-14(3)8-7-11-17(19)21(28)26-18/h5-11,13,20H,4,12H2,1-3H3,(H,25,26,28). The fourth-order valence-electron chi connectivity index (χ4n) is 3.92. The second-order valence-electron chi connectivity index (χ2n) is 7.95. The summed E-state index contributed by atoms with van der Waals surface area (Å²) in [4.78, 5) is 59.3. The number of para-hydroxylation sites is 1. The van der Waals surface area contributed by atoms with Gasteiger partial charge in [0.25, 0.3) is 17.4 Å². The molecule has 1 N–H and O–H groups in total. The van der Waals surface area contributed by atoms with Crippen molar-refractivity contribution < 1.29 is 19.1 Å². The molecule has 2 amide bonds. The Balaban J connectivity index is 1.60. The molecule has 8 nitrogen and oxygen atoms in total. The average molecular weight is 433 g/mol. The maximum Gasteiger partial charge on any atom is 0.330 e. The summed E-state index contributed by atoms with van der Waals surface area (Å²) in [6.45, 7) is 5.21. The molecular weight excluding hydrogens is 410 g/mol. The second kappa shape index (κ2) is 8.37. The Kier molecular flexibility index (Phi) is 5.61. The van der Waals surface area contributed by atoms with Gasteiger partial charge in [0.15, 0.2) is 0 Å². The number of benzene rings is 2. The normalized spacial score (nSPS) is 15.0. The highest BCUT2D eigenvalue weighted by Crippen LogP contribution is 2.29. The highest BCUT2D eigenvalue weighted by molar-refractivity contribution is 6.22. The zero-order valence-electron chi connectivity index (χ0n) is 18.0. The summed E-state index contributed by atoms with van der Waals surface area (Å²) < 4.78 is 5.45. The minimum Gasteiger partial charge on any atom is -0.456 e. The van der Waals surface area contributed by atoms with Crippen LogP contribution in [-0.2, 0) is 16.1 Å². The van der Waals surface area contributed by atoms with Gasteiger partial charge in [0, 0.05) is 0 Å². The number of fused-ring (bicyclic) bond motifs is 2. The largest absolute Gasteiger partial charge is 0.456 e. The van der Waals surface area contributed by atoms with Crippen LogP contribution in [0.1, 0.15) is 52.4 Å². The average Bonchev–Trinajstić information content (AvgIpc) is 3.04. The van der Waals surface area contributed by atoms with Crippen LogP contribution in [0.5, 0.6) is 0 Å². The van der Waals surface area contributed by atoms with E-state index in [1.807, 2.05) is 19.9 Å². The van der Waals surface area contributed by atoms with E-state index in [-0.39, 0.29) is 35.0 Å². The summed E-state index contributed by atoms with van der Waals surface area (Å²) in [6.07, 6.45) is 0.553. The van der Waals surface area contributed by atoms with E-state index in [1.165, 1.54) is 0 Å². The predicted molar refractivity (Wildman–Crippen MR) is 117 cm³/mol. The zero-order valence-corrected chi connectivity index (χ0v) is 18.0. The summed E-state index contributed by atoms with van der Waals surface area (Å²) in [5.74, 6) is -1.88. The summed E-state index contributed by atoms with van der Waals surface area (Å²) in [7, 11) is 0. The molecule has 2 aromatic carbocycles. The van der Waals surface area contributed by atoms with Crippen molar-refractivity contribution in [1.82, 2.24) is 14.9 Å². The minimum atomic E-state index is -1.08. The topological polar surface area (TPSA) is 109 Å². The number of rotatable bonds is 6. The van der Waals surface area contributed by atoms with E-state index in [2.05, 4.69) is 9.97 Å². The Labute approximate surface area is 184 Å². The van der Waals surface area contributed by atoms with Crippen molar-refractivity contribution in [3.05, 3.63) is 75.3 Å². The summed E-state index contributed by atoms with van der Waals surface area (Å²) in [6, 6.07) is 10.7. The molecule has 2 atom stereocenters. The molecule has 2 unspecified atom stereocenters. The van der Waals surface area contributed by atoms with Crippen LogP contribution in [0.25, 0.3) is 10.9 Å². The highest BCUT2D eigenvalue weighted by atomic mass is 16.5. The van der Waals surface area contributed by atoms with E-state index in [0.29, 0.717) is 17.3 Å². The molecule has 0 fully saturated rings. The van der Waals surface area contributed by atoms with E-state index in [9.17, 15) is 19.2 Å². The number of amides is 2. The molecule has 0 aliphatic carbocycles. The summed E-state index contributed by atoms with van der Waals surface area (Å²) >= 11 is 0. The van der Waals surface area contributed by atoms with Crippen LogP contribution >= 0.6 is 0 Å². The first kappa shape index (κ1) is 21.4. The van der Waals surface area contributed by atoms with Gasteiger partial charge in [-0.1, -0.05) is 44.5 Å². The Bertz CT molecular complexity index is 1260. The van der Waals surface area contributed by atoms with Crippen LogP contribution in [0.3, 0.4) is 0 Å². The van der Waals surface area contributed by atoms with E-state index < -0.39 is 23.8 Å². The Morgan fingerprint density at radius 1 is 1.06 bits per heavy atom. The minimum absolute atomic E-state index is 0.190. The number of aryl methyl sites for hydroxylation is 1. The van der Waals surface area contributed by atoms with Crippen molar-refractivity contribution in [2.45, 2.75) is 39.8 Å². The number of carbonyl (C=O) groups is 3. The van der Waals surface area contributed by atoms with Gasteiger partial charge in [-0.2, -0.15) is 0 Å². The molecule has 1 aromatic heterocycles. The highest BCUT2D eigenvalue weighted by Gasteiger charge is 2.45. The first-order chi connectivity index (χ1) is 15.3. The van der Waals surface area contributed by atoms with E-state index in [0.717, 1.165) is 10.5 Å². The number of hydrogen-bond donors (Lipinski definition) is 1. The van der Waals surface area contributed by atoms with Gasteiger partial charge >= 0.3 is 5.97 Å². The van der Waals surface area contributed by atoms with Crippen LogP contribution < -0.4 is 5.56 Å². The molecule has 1 aliphatic rings. The van der Waals surface area contributed by atoms with Crippen molar-refractivity contribution >= 4 is 28.7 Å². The smallest absolute Gasteiger partial charge is 0.330 e. The third-order valence-electron chi connectivity index (χ3n) is 5.87. The van der Waals surface area contributed by atoms with Crippen molar-refractivity contribution in [2.24, 2.45) is 5.92 Å². The number of nitrogens with one attached hydrogen (secondary N) is 1. The molecule has 0 saturated carbocycles. The Morgan fingerprint density at radius 3 is 2.34 bits per heavy atom. The van der Waals surface area contributed by atoms with Gasteiger partial charge in [-0.05, 0) is 36.6 Å². The first-order valence-electron chi connectivity index (χ1n) is 10.5. The van der Waals surface area contributed by atoms with Crippen LogP contribution in [0.15, 0.2) is 47.3 Å². The number of esters is 1. The maximum atomic E-state index is 13.1. The van der Waals surface area contributed by atoms with Gasteiger partial charge in [0.2, 0.25) is 0 Å². The molecule has 3 aromatic rings. The number of imide groups is 1. The molecule has 1 aliphatic heterocycles. The third-order valence-corrected chi connectivity index (χ3v) is 5.87. The Hall–Kier alpha value is -3.81. The molecular formula is C24H23N3O5. The molecule has 4 rings (SSSR count). The molecule has 0 spiro atoms. The van der Waals surface area contributed by atoms with Gasteiger partial charge < -0.3 is 9.72 Å². The van der Waals surface area contributed by atoms with Crippen LogP contribution in [0.2, 0.25) is 0 Å². The Morgan fingerprint density at radius 2 is 1.72 bits per heavy atom. The zero-order chi connectivity index (χ0) is 23.0. The lowest BCUT2D eigenvalue weighted by molar-refractivity contribution is -0.151. The van der Waals surface area contributed by atoms with Crippen LogP contribution in [0.4, 0.5) is 0 Å². The van der Waals surface area contributed by atoms with E-state index in [1.54, 1.807) is 43.3 Å². The molecule has 32 heavy (non-hydrogen) atoms. The van der Waals surface area contributed by atoms with Gasteiger partial charge in [-0.15, -0.1) is 0 Å². The molecule has 0 bridgehead atoms. The summed E-state index contributed by atoms with van der Waals surface area (Å²) in [5.41, 5.74) is 1.57. The summed E-state index contributed by atoms with van der Waals surface area (Å²) in [5, 5.41) is 0.448. The third kappa shape index (κ3) is 3.57. The maximum absolute atomic E-state index is 13.1. The molecule has 2 heterocycles.